The predicted molar refractivity (Wildman–Crippen MR) is 68.2 cm³/mol. The van der Waals surface area contributed by atoms with Crippen molar-refractivity contribution in [3.8, 4) is 0 Å². The van der Waals surface area contributed by atoms with Crippen molar-refractivity contribution in [2.45, 2.75) is 39.8 Å². The van der Waals surface area contributed by atoms with Gasteiger partial charge in [-0.1, -0.05) is 26.5 Å². The van der Waals surface area contributed by atoms with Crippen molar-refractivity contribution in [1.29, 1.82) is 0 Å². The second-order valence-corrected chi connectivity index (χ2v) is 4.43. The van der Waals surface area contributed by atoms with Gasteiger partial charge in [-0.25, -0.2) is 4.39 Å². The van der Waals surface area contributed by atoms with Crippen LogP contribution in [-0.2, 0) is 4.74 Å². The highest BCUT2D eigenvalue weighted by Crippen LogP contribution is 2.41. The lowest BCUT2D eigenvalue weighted by molar-refractivity contribution is -0.231. The third-order valence-corrected chi connectivity index (χ3v) is 2.90. The van der Waals surface area contributed by atoms with E-state index in [4.69, 9.17) is 4.74 Å². The van der Waals surface area contributed by atoms with Crippen LogP contribution in [0.1, 0.15) is 33.6 Å². The van der Waals surface area contributed by atoms with Gasteiger partial charge in [-0.3, -0.25) is 0 Å². The van der Waals surface area contributed by atoms with Gasteiger partial charge in [-0.2, -0.15) is 13.2 Å². The van der Waals surface area contributed by atoms with Gasteiger partial charge in [0.2, 0.25) is 0 Å². The third kappa shape index (κ3) is 5.09. The molecule has 0 aliphatic carbocycles. The van der Waals surface area contributed by atoms with E-state index in [1.54, 1.807) is 6.92 Å². The Morgan fingerprint density at radius 3 is 2.21 bits per heavy atom. The Morgan fingerprint density at radius 1 is 1.26 bits per heavy atom. The fourth-order valence-electron chi connectivity index (χ4n) is 1.20. The van der Waals surface area contributed by atoms with E-state index >= 15 is 0 Å². The van der Waals surface area contributed by atoms with E-state index in [0.29, 0.717) is 6.42 Å². The molecule has 0 saturated carbocycles. The third-order valence-electron chi connectivity index (χ3n) is 2.90. The van der Waals surface area contributed by atoms with E-state index < -0.39 is 24.0 Å². The van der Waals surface area contributed by atoms with E-state index in [1.165, 1.54) is 25.2 Å². The molecule has 1 atom stereocenters. The van der Waals surface area contributed by atoms with Gasteiger partial charge >= 0.3 is 6.18 Å². The summed E-state index contributed by atoms with van der Waals surface area (Å²) < 4.78 is 57.2. The van der Waals surface area contributed by atoms with Crippen LogP contribution in [0.25, 0.3) is 0 Å². The largest absolute Gasteiger partial charge is 0.490 e. The Labute approximate surface area is 111 Å². The van der Waals surface area contributed by atoms with Crippen LogP contribution < -0.4 is 0 Å². The summed E-state index contributed by atoms with van der Waals surface area (Å²) in [6.45, 7) is 6.95. The van der Waals surface area contributed by atoms with Crippen LogP contribution in [0.15, 0.2) is 36.4 Å². The van der Waals surface area contributed by atoms with Crippen molar-refractivity contribution in [2.24, 2.45) is 5.41 Å². The number of ether oxygens (including phenoxy) is 1. The van der Waals surface area contributed by atoms with Gasteiger partial charge in [-0.05, 0) is 31.9 Å². The maximum Gasteiger partial charge on any atom is 0.397 e. The van der Waals surface area contributed by atoms with E-state index in [0.717, 1.165) is 6.92 Å². The number of hydrogen-bond acceptors (Lipinski definition) is 1. The lowest BCUT2D eigenvalue weighted by Crippen LogP contribution is -2.38. The molecule has 0 aromatic carbocycles. The normalized spacial score (nSPS) is 17.0. The van der Waals surface area contributed by atoms with E-state index in [9.17, 15) is 17.6 Å². The Morgan fingerprint density at radius 2 is 1.84 bits per heavy atom. The molecular formula is C14H20F4O. The monoisotopic (exact) mass is 280 g/mol. The van der Waals surface area contributed by atoms with Gasteiger partial charge in [0, 0.05) is 0 Å². The van der Waals surface area contributed by atoms with Crippen molar-refractivity contribution in [2.75, 3.05) is 6.61 Å². The topological polar surface area (TPSA) is 9.23 Å². The molecule has 110 valence electrons. The molecule has 0 bridgehead atoms. The molecule has 0 fully saturated rings. The van der Waals surface area contributed by atoms with Crippen LogP contribution >= 0.6 is 0 Å². The van der Waals surface area contributed by atoms with Gasteiger partial charge in [0.05, 0.1) is 5.41 Å². The molecule has 19 heavy (non-hydrogen) atoms. The predicted octanol–water partition coefficient (Wildman–Crippen LogP) is 5.31. The number of allylic oxidation sites excluding steroid dienone is 4. The van der Waals surface area contributed by atoms with Gasteiger partial charge in [-0.15, -0.1) is 0 Å². The van der Waals surface area contributed by atoms with Crippen LogP contribution in [0.5, 0.6) is 0 Å². The number of hydrogen-bond donors (Lipinski definition) is 0. The van der Waals surface area contributed by atoms with Gasteiger partial charge in [0.25, 0.3) is 0 Å². The number of rotatable bonds is 7. The van der Waals surface area contributed by atoms with Crippen molar-refractivity contribution < 1.29 is 22.3 Å². The first-order valence-corrected chi connectivity index (χ1v) is 6.10. The molecule has 0 aromatic rings. The molecule has 1 unspecified atom stereocenters. The summed E-state index contributed by atoms with van der Waals surface area (Å²) in [6, 6.07) is 0. The molecule has 0 saturated heterocycles. The zero-order valence-corrected chi connectivity index (χ0v) is 11.5. The minimum atomic E-state index is -4.40. The summed E-state index contributed by atoms with van der Waals surface area (Å²) in [5.41, 5.74) is -2.00. The fourth-order valence-corrected chi connectivity index (χ4v) is 1.20. The minimum absolute atomic E-state index is 0.142. The Hall–Kier alpha value is -1.26. The second kappa shape index (κ2) is 7.36. The molecule has 5 heteroatoms. The maximum atomic E-state index is 13.6. The first kappa shape index (κ1) is 17.7. The van der Waals surface area contributed by atoms with E-state index in [-0.39, 0.29) is 12.2 Å². The number of halogens is 4. The summed E-state index contributed by atoms with van der Waals surface area (Å²) >= 11 is 0. The summed E-state index contributed by atoms with van der Waals surface area (Å²) in [5, 5.41) is 0. The van der Waals surface area contributed by atoms with Gasteiger partial charge in [0.15, 0.2) is 11.6 Å². The van der Waals surface area contributed by atoms with Crippen LogP contribution in [0.4, 0.5) is 17.6 Å². The highest BCUT2D eigenvalue weighted by atomic mass is 19.4. The molecule has 1 nitrogen and oxygen atoms in total. The van der Waals surface area contributed by atoms with E-state index in [1.807, 2.05) is 0 Å². The lowest BCUT2D eigenvalue weighted by atomic mass is 9.88. The summed E-state index contributed by atoms with van der Waals surface area (Å²) in [4.78, 5) is 0. The maximum absolute atomic E-state index is 13.6. The standard InChI is InChI=1S/C14H20F4O/c1-5-8-11(15)12(9-6-2)19-10-13(4,7-3)14(16,17)18/h6,8-9H,2,5,7,10H2,1,3-4H3/b11-8+,12-9+. The van der Waals surface area contributed by atoms with Crippen LogP contribution in [0, 0.1) is 5.41 Å². The van der Waals surface area contributed by atoms with Crippen LogP contribution in [0.2, 0.25) is 0 Å². The molecule has 0 rings (SSSR count). The van der Waals surface area contributed by atoms with Gasteiger partial charge in [0.1, 0.15) is 6.61 Å². The molecular weight excluding hydrogens is 260 g/mol. The van der Waals surface area contributed by atoms with Crippen LogP contribution in [-0.4, -0.2) is 12.8 Å². The molecule has 0 aliphatic heterocycles. The smallest absolute Gasteiger partial charge is 0.397 e. The summed E-state index contributed by atoms with van der Waals surface area (Å²) in [7, 11) is 0. The van der Waals surface area contributed by atoms with Crippen LogP contribution in [0.3, 0.4) is 0 Å². The Balaban J connectivity index is 4.97. The zero-order chi connectivity index (χ0) is 15.1. The van der Waals surface area contributed by atoms with Crippen molar-refractivity contribution in [1.82, 2.24) is 0 Å². The minimum Gasteiger partial charge on any atom is -0.490 e. The number of alkyl halides is 3. The van der Waals surface area contributed by atoms with Crippen molar-refractivity contribution >= 4 is 0 Å². The average Bonchev–Trinajstić information content (AvgIpc) is 2.32. The quantitative estimate of drug-likeness (QED) is 0.348. The second-order valence-electron chi connectivity index (χ2n) is 4.43. The van der Waals surface area contributed by atoms with Crippen molar-refractivity contribution in [3.05, 3.63) is 36.4 Å². The lowest BCUT2D eigenvalue weighted by Gasteiger charge is -2.30. The Bertz CT molecular complexity index is 355. The molecule has 0 radical (unpaired) electrons. The molecule has 0 aromatic heterocycles. The summed E-state index contributed by atoms with van der Waals surface area (Å²) in [6.07, 6.45) is -0.383. The SMILES string of the molecule is C=C/C=C(OCC(C)(CC)C(F)(F)F)\C(F)=C/CC. The van der Waals surface area contributed by atoms with Crippen molar-refractivity contribution in [3.63, 3.8) is 0 Å². The fraction of sp³-hybridized carbons (Fsp3) is 0.571. The highest BCUT2D eigenvalue weighted by molar-refractivity contribution is 5.23. The molecule has 0 aliphatic rings. The molecule has 0 N–H and O–H groups in total. The first-order chi connectivity index (χ1) is 8.71. The molecule has 0 heterocycles. The van der Waals surface area contributed by atoms with Gasteiger partial charge < -0.3 is 4.74 Å². The molecule has 0 amide bonds. The van der Waals surface area contributed by atoms with E-state index in [2.05, 4.69) is 6.58 Å². The Kier molecular flexibility index (Phi) is 6.87. The first-order valence-electron chi connectivity index (χ1n) is 6.10. The highest BCUT2D eigenvalue weighted by Gasteiger charge is 2.50. The zero-order valence-electron chi connectivity index (χ0n) is 11.5. The molecule has 0 spiro atoms. The summed E-state index contributed by atoms with van der Waals surface area (Å²) in [5.74, 6) is -0.899. The average molecular weight is 280 g/mol.